The zero-order valence-electron chi connectivity index (χ0n) is 12.0. The number of benzene rings is 1. The quantitative estimate of drug-likeness (QED) is 0.890. The van der Waals surface area contributed by atoms with Crippen molar-refractivity contribution in [2.45, 2.75) is 32.1 Å². The minimum atomic E-state index is -0.494. The van der Waals surface area contributed by atoms with Crippen molar-refractivity contribution < 1.29 is 14.6 Å². The van der Waals surface area contributed by atoms with Crippen LogP contribution in [0.3, 0.4) is 0 Å². The number of morpholine rings is 1. The molecule has 1 heterocycles. The van der Waals surface area contributed by atoms with E-state index in [0.29, 0.717) is 19.2 Å². The third kappa shape index (κ3) is 4.45. The predicted octanol–water partition coefficient (Wildman–Crippen LogP) is 2.30. The Balaban J connectivity index is 1.77. The van der Waals surface area contributed by atoms with Crippen LogP contribution >= 0.6 is 15.9 Å². The van der Waals surface area contributed by atoms with Gasteiger partial charge in [0, 0.05) is 23.6 Å². The lowest BCUT2D eigenvalue weighted by Crippen LogP contribution is -2.51. The van der Waals surface area contributed by atoms with Crippen molar-refractivity contribution in [2.24, 2.45) is 0 Å². The van der Waals surface area contributed by atoms with Gasteiger partial charge in [-0.15, -0.1) is 0 Å². The Morgan fingerprint density at radius 2 is 2.10 bits per heavy atom. The Morgan fingerprint density at radius 1 is 1.40 bits per heavy atom. The van der Waals surface area contributed by atoms with E-state index in [1.165, 1.54) is 0 Å². The summed E-state index contributed by atoms with van der Waals surface area (Å²) in [5, 5.41) is 10.1. The highest BCUT2D eigenvalue weighted by Crippen LogP contribution is 2.17. The third-order valence-corrected chi connectivity index (χ3v) is 4.24. The second kappa shape index (κ2) is 7.41. The van der Waals surface area contributed by atoms with Gasteiger partial charge in [0.2, 0.25) is 0 Å². The number of aliphatic hydroxyl groups is 1. The Labute approximate surface area is 128 Å². The highest BCUT2D eigenvalue weighted by atomic mass is 79.9. The number of halogens is 1. The number of hydrogen-bond acceptors (Lipinski definition) is 4. The molecular weight excluding hydrogens is 322 g/mol. The number of ether oxygens (including phenoxy) is 2. The van der Waals surface area contributed by atoms with Gasteiger partial charge in [-0.2, -0.15) is 0 Å². The summed E-state index contributed by atoms with van der Waals surface area (Å²) in [5.41, 5.74) is 0. The number of nitrogens with zero attached hydrogens (tertiary/aromatic N) is 1. The summed E-state index contributed by atoms with van der Waals surface area (Å²) in [6.45, 7) is 6.71. The van der Waals surface area contributed by atoms with Gasteiger partial charge in [0.15, 0.2) is 0 Å². The Kier molecular flexibility index (Phi) is 5.84. The zero-order valence-corrected chi connectivity index (χ0v) is 13.5. The second-order valence-corrected chi connectivity index (χ2v) is 6.15. The Hall–Kier alpha value is -0.620. The van der Waals surface area contributed by atoms with Crippen LogP contribution in [-0.2, 0) is 4.74 Å². The van der Waals surface area contributed by atoms with E-state index in [0.717, 1.165) is 23.4 Å². The van der Waals surface area contributed by atoms with Gasteiger partial charge in [-0.25, -0.2) is 0 Å². The fraction of sp³-hybridized carbons (Fsp3) is 0.600. The maximum absolute atomic E-state index is 10.1. The molecule has 1 saturated heterocycles. The van der Waals surface area contributed by atoms with E-state index < -0.39 is 6.10 Å². The summed E-state index contributed by atoms with van der Waals surface area (Å²) in [5.74, 6) is 0.774. The first-order valence-electron chi connectivity index (χ1n) is 6.98. The molecule has 1 N–H and O–H groups in total. The number of hydrogen-bond donors (Lipinski definition) is 1. The highest BCUT2D eigenvalue weighted by Gasteiger charge is 2.26. The minimum Gasteiger partial charge on any atom is -0.491 e. The molecule has 1 aromatic rings. The van der Waals surface area contributed by atoms with Crippen LogP contribution < -0.4 is 4.74 Å². The average molecular weight is 344 g/mol. The molecule has 1 aromatic carbocycles. The predicted molar refractivity (Wildman–Crippen MR) is 82.1 cm³/mol. The molecule has 0 spiro atoms. The first-order chi connectivity index (χ1) is 9.56. The van der Waals surface area contributed by atoms with E-state index in [4.69, 9.17) is 9.47 Å². The van der Waals surface area contributed by atoms with Crippen molar-refractivity contribution in [1.82, 2.24) is 4.90 Å². The minimum absolute atomic E-state index is 0.211. The van der Waals surface area contributed by atoms with E-state index >= 15 is 0 Å². The number of β-amino-alcohol motifs (C(OH)–C–C–N with tert-alkyl or cyclic N) is 1. The molecule has 0 aromatic heterocycles. The fourth-order valence-corrected chi connectivity index (χ4v) is 2.56. The molecule has 0 aliphatic carbocycles. The third-order valence-electron chi connectivity index (χ3n) is 3.72. The molecule has 1 aliphatic heterocycles. The van der Waals surface area contributed by atoms with Crippen molar-refractivity contribution in [2.75, 3.05) is 26.3 Å². The lowest BCUT2D eigenvalue weighted by Gasteiger charge is -2.38. The molecule has 2 rings (SSSR count). The first-order valence-corrected chi connectivity index (χ1v) is 7.77. The van der Waals surface area contributed by atoms with Gasteiger partial charge in [0.1, 0.15) is 18.5 Å². The lowest BCUT2D eigenvalue weighted by atomic mass is 10.1. The molecule has 3 unspecified atom stereocenters. The molecule has 0 radical (unpaired) electrons. The normalized spacial score (nSPS) is 25.4. The molecule has 1 aliphatic rings. The summed E-state index contributed by atoms with van der Waals surface area (Å²) in [7, 11) is 0. The number of rotatable bonds is 5. The molecule has 20 heavy (non-hydrogen) atoms. The Bertz CT molecular complexity index is 412. The van der Waals surface area contributed by atoms with Crippen LogP contribution in [0.15, 0.2) is 28.7 Å². The van der Waals surface area contributed by atoms with Crippen molar-refractivity contribution in [3.05, 3.63) is 28.7 Å². The van der Waals surface area contributed by atoms with E-state index in [1.54, 1.807) is 0 Å². The zero-order chi connectivity index (χ0) is 14.5. The largest absolute Gasteiger partial charge is 0.491 e. The Morgan fingerprint density at radius 3 is 2.80 bits per heavy atom. The fourth-order valence-electron chi connectivity index (χ4n) is 2.30. The van der Waals surface area contributed by atoms with Crippen molar-refractivity contribution in [3.63, 3.8) is 0 Å². The SMILES string of the molecule is CC1OCCN(CC(O)COc2ccc(Br)cc2)C1C. The van der Waals surface area contributed by atoms with Crippen LogP contribution in [0.25, 0.3) is 0 Å². The second-order valence-electron chi connectivity index (χ2n) is 5.23. The lowest BCUT2D eigenvalue weighted by molar-refractivity contribution is -0.0701. The van der Waals surface area contributed by atoms with Gasteiger partial charge in [-0.1, -0.05) is 15.9 Å². The van der Waals surface area contributed by atoms with Crippen LogP contribution in [0, 0.1) is 0 Å². The molecular formula is C15H22BrNO3. The maximum atomic E-state index is 10.1. The molecule has 0 bridgehead atoms. The molecule has 4 nitrogen and oxygen atoms in total. The molecule has 1 fully saturated rings. The van der Waals surface area contributed by atoms with Crippen LogP contribution in [0.4, 0.5) is 0 Å². The summed E-state index contributed by atoms with van der Waals surface area (Å²) in [4.78, 5) is 2.25. The summed E-state index contributed by atoms with van der Waals surface area (Å²) in [6.07, 6.45) is -0.283. The van der Waals surface area contributed by atoms with Crippen LogP contribution in [-0.4, -0.2) is 54.6 Å². The number of aliphatic hydroxyl groups excluding tert-OH is 1. The van der Waals surface area contributed by atoms with E-state index in [2.05, 4.69) is 34.7 Å². The molecule has 5 heteroatoms. The summed E-state index contributed by atoms with van der Waals surface area (Å²) >= 11 is 3.38. The van der Waals surface area contributed by atoms with Crippen LogP contribution in [0.5, 0.6) is 5.75 Å². The molecule has 0 saturated carbocycles. The summed E-state index contributed by atoms with van der Waals surface area (Å²) < 4.78 is 12.2. The molecule has 0 amide bonds. The van der Waals surface area contributed by atoms with Crippen LogP contribution in [0.2, 0.25) is 0 Å². The summed E-state index contributed by atoms with van der Waals surface area (Å²) in [6, 6.07) is 7.94. The van der Waals surface area contributed by atoms with E-state index in [9.17, 15) is 5.11 Å². The van der Waals surface area contributed by atoms with Gasteiger partial charge < -0.3 is 14.6 Å². The maximum Gasteiger partial charge on any atom is 0.119 e. The van der Waals surface area contributed by atoms with Gasteiger partial charge >= 0.3 is 0 Å². The monoisotopic (exact) mass is 343 g/mol. The van der Waals surface area contributed by atoms with Gasteiger partial charge in [0.05, 0.1) is 12.7 Å². The standard InChI is InChI=1S/C15H22BrNO3/c1-11-12(2)19-8-7-17(11)9-14(18)10-20-15-5-3-13(16)4-6-15/h3-6,11-12,14,18H,7-10H2,1-2H3. The molecule has 3 atom stereocenters. The smallest absolute Gasteiger partial charge is 0.119 e. The van der Waals surface area contributed by atoms with E-state index in [1.807, 2.05) is 24.3 Å². The van der Waals surface area contributed by atoms with Crippen molar-refractivity contribution >= 4 is 15.9 Å². The highest BCUT2D eigenvalue weighted by molar-refractivity contribution is 9.10. The van der Waals surface area contributed by atoms with Gasteiger partial charge in [-0.05, 0) is 38.1 Å². The van der Waals surface area contributed by atoms with Crippen LogP contribution in [0.1, 0.15) is 13.8 Å². The van der Waals surface area contributed by atoms with Crippen molar-refractivity contribution in [1.29, 1.82) is 0 Å². The topological polar surface area (TPSA) is 41.9 Å². The van der Waals surface area contributed by atoms with E-state index in [-0.39, 0.29) is 6.10 Å². The first kappa shape index (κ1) is 15.8. The van der Waals surface area contributed by atoms with Crippen molar-refractivity contribution in [3.8, 4) is 5.75 Å². The van der Waals surface area contributed by atoms with Gasteiger partial charge in [-0.3, -0.25) is 4.90 Å². The van der Waals surface area contributed by atoms with Gasteiger partial charge in [0.25, 0.3) is 0 Å². The molecule has 112 valence electrons. The average Bonchev–Trinajstić information content (AvgIpc) is 2.43.